The molecule has 2 N–H and O–H groups in total. The number of aliphatic hydroxyl groups is 1. The van der Waals surface area contributed by atoms with Crippen LogP contribution in [0.25, 0.3) is 0 Å². The van der Waals surface area contributed by atoms with Crippen LogP contribution in [0.1, 0.15) is 6.92 Å². The summed E-state index contributed by atoms with van der Waals surface area (Å²) in [6.45, 7) is 1.27. The van der Waals surface area contributed by atoms with E-state index in [9.17, 15) is 20.0 Å². The van der Waals surface area contributed by atoms with Crippen LogP contribution in [-0.4, -0.2) is 23.0 Å². The third-order valence-corrected chi connectivity index (χ3v) is 2.12. The molecule has 0 saturated heterocycles. The van der Waals surface area contributed by atoms with E-state index in [1.807, 2.05) is 0 Å². The standard InChI is InChI=1S/C11H12N4O4/c1-7(16)10(11(17)12-2)14-13-8-5-3-4-6-9(8)15(18)19/h3-6,16H,1-2H3,(H,12,17)/b10-7+,14-13?. The van der Waals surface area contributed by atoms with Gasteiger partial charge in [0.05, 0.1) is 4.92 Å². The molecule has 8 nitrogen and oxygen atoms in total. The Morgan fingerprint density at radius 3 is 2.58 bits per heavy atom. The zero-order valence-electron chi connectivity index (χ0n) is 10.3. The average Bonchev–Trinajstić information content (AvgIpc) is 2.38. The normalized spacial score (nSPS) is 12.1. The first-order valence-electron chi connectivity index (χ1n) is 5.24. The van der Waals surface area contributed by atoms with Crippen molar-refractivity contribution in [3.8, 4) is 0 Å². The van der Waals surface area contributed by atoms with Gasteiger partial charge in [0.1, 0.15) is 5.76 Å². The zero-order chi connectivity index (χ0) is 14.4. The number of para-hydroxylation sites is 1. The summed E-state index contributed by atoms with van der Waals surface area (Å²) in [5.41, 5.74) is -0.547. The Morgan fingerprint density at radius 1 is 1.42 bits per heavy atom. The first kappa shape index (κ1) is 14.3. The number of hydrogen-bond acceptors (Lipinski definition) is 6. The number of benzene rings is 1. The monoisotopic (exact) mass is 264 g/mol. The highest BCUT2D eigenvalue weighted by Crippen LogP contribution is 2.27. The van der Waals surface area contributed by atoms with Gasteiger partial charge in [-0.15, -0.1) is 10.2 Å². The predicted octanol–water partition coefficient (Wildman–Crippen LogP) is 2.21. The highest BCUT2D eigenvalue weighted by Gasteiger charge is 2.14. The molecule has 0 saturated carbocycles. The minimum Gasteiger partial charge on any atom is -0.510 e. The van der Waals surface area contributed by atoms with Crippen molar-refractivity contribution in [3.63, 3.8) is 0 Å². The van der Waals surface area contributed by atoms with Crippen molar-refractivity contribution in [2.45, 2.75) is 6.92 Å². The maximum absolute atomic E-state index is 11.4. The van der Waals surface area contributed by atoms with Crippen molar-refractivity contribution < 1.29 is 14.8 Å². The molecule has 8 heteroatoms. The number of nitrogens with one attached hydrogen (secondary N) is 1. The number of likely N-dealkylation sites (N-methyl/N-ethyl adjacent to an activating group) is 1. The molecule has 0 unspecified atom stereocenters. The van der Waals surface area contributed by atoms with E-state index >= 15 is 0 Å². The highest BCUT2D eigenvalue weighted by atomic mass is 16.6. The number of allylic oxidation sites excluding steroid dienone is 1. The molecule has 0 heterocycles. The van der Waals surface area contributed by atoms with Crippen LogP contribution < -0.4 is 5.32 Å². The molecule has 100 valence electrons. The van der Waals surface area contributed by atoms with Gasteiger partial charge in [0.25, 0.3) is 11.6 Å². The summed E-state index contributed by atoms with van der Waals surface area (Å²) in [5.74, 6) is -0.969. The zero-order valence-corrected chi connectivity index (χ0v) is 10.3. The average molecular weight is 264 g/mol. The summed E-state index contributed by atoms with van der Waals surface area (Å²) < 4.78 is 0. The second kappa shape index (κ2) is 6.24. The molecule has 0 spiro atoms. The molecule has 1 aromatic rings. The van der Waals surface area contributed by atoms with E-state index in [1.54, 1.807) is 6.07 Å². The summed E-state index contributed by atoms with van der Waals surface area (Å²) in [7, 11) is 1.37. The van der Waals surface area contributed by atoms with Gasteiger partial charge in [0.15, 0.2) is 11.4 Å². The molecule has 1 aromatic carbocycles. The lowest BCUT2D eigenvalue weighted by atomic mass is 10.3. The Bertz CT molecular complexity index is 562. The number of hydrogen-bond donors (Lipinski definition) is 2. The maximum atomic E-state index is 11.4. The smallest absolute Gasteiger partial charge is 0.296 e. The van der Waals surface area contributed by atoms with Crippen molar-refractivity contribution in [1.29, 1.82) is 0 Å². The van der Waals surface area contributed by atoms with E-state index in [4.69, 9.17) is 0 Å². The number of rotatable bonds is 4. The van der Waals surface area contributed by atoms with Gasteiger partial charge in [-0.05, 0) is 13.0 Å². The summed E-state index contributed by atoms with van der Waals surface area (Å²) >= 11 is 0. The Labute approximate surface area is 108 Å². The van der Waals surface area contributed by atoms with Gasteiger partial charge in [-0.25, -0.2) is 0 Å². The second-order valence-electron chi connectivity index (χ2n) is 3.46. The van der Waals surface area contributed by atoms with Crippen molar-refractivity contribution >= 4 is 17.3 Å². The van der Waals surface area contributed by atoms with Gasteiger partial charge in [0, 0.05) is 13.1 Å². The molecule has 0 fully saturated rings. The highest BCUT2D eigenvalue weighted by molar-refractivity contribution is 5.93. The minimum absolute atomic E-state index is 0.00449. The quantitative estimate of drug-likeness (QED) is 0.285. The maximum Gasteiger partial charge on any atom is 0.296 e. The molecule has 0 aromatic heterocycles. The largest absolute Gasteiger partial charge is 0.510 e. The van der Waals surface area contributed by atoms with E-state index in [1.165, 1.54) is 32.2 Å². The van der Waals surface area contributed by atoms with Crippen LogP contribution in [0, 0.1) is 10.1 Å². The first-order chi connectivity index (χ1) is 8.97. The van der Waals surface area contributed by atoms with E-state index in [2.05, 4.69) is 15.5 Å². The van der Waals surface area contributed by atoms with Crippen LogP contribution in [-0.2, 0) is 4.79 Å². The fourth-order valence-corrected chi connectivity index (χ4v) is 1.21. The van der Waals surface area contributed by atoms with Crippen LogP contribution >= 0.6 is 0 Å². The molecule has 1 amide bonds. The van der Waals surface area contributed by atoms with Crippen LogP contribution in [0.3, 0.4) is 0 Å². The Hall–Kier alpha value is -2.77. The summed E-state index contributed by atoms with van der Waals surface area (Å²) in [6.07, 6.45) is 0. The molecule has 1 rings (SSSR count). The molecule has 0 aliphatic carbocycles. The Kier molecular flexibility index (Phi) is 4.69. The van der Waals surface area contributed by atoms with Gasteiger partial charge in [0.2, 0.25) is 0 Å². The predicted molar refractivity (Wildman–Crippen MR) is 67.0 cm³/mol. The lowest BCUT2D eigenvalue weighted by Crippen LogP contribution is -2.20. The molecule has 0 radical (unpaired) electrons. The summed E-state index contributed by atoms with van der Waals surface area (Å²) in [5, 5.41) is 29.5. The molecule has 0 aliphatic heterocycles. The van der Waals surface area contributed by atoms with E-state index in [-0.39, 0.29) is 22.8 Å². The number of nitro groups is 1. The number of carbonyl (C=O) groups excluding carboxylic acids is 1. The molecule has 19 heavy (non-hydrogen) atoms. The Morgan fingerprint density at radius 2 is 2.05 bits per heavy atom. The molecular weight excluding hydrogens is 252 g/mol. The Balaban J connectivity index is 3.15. The first-order valence-corrected chi connectivity index (χ1v) is 5.24. The van der Waals surface area contributed by atoms with E-state index < -0.39 is 10.8 Å². The number of azo groups is 1. The van der Waals surface area contributed by atoms with Gasteiger partial charge in [-0.2, -0.15) is 0 Å². The SMILES string of the molecule is CNC(=O)/C(N=Nc1ccccc1[N+](=O)[O-])=C(/C)O. The van der Waals surface area contributed by atoms with Crippen molar-refractivity contribution in [3.05, 3.63) is 45.8 Å². The van der Waals surface area contributed by atoms with Crippen molar-refractivity contribution in [2.75, 3.05) is 7.05 Å². The fourth-order valence-electron chi connectivity index (χ4n) is 1.21. The van der Waals surface area contributed by atoms with Crippen LogP contribution in [0.15, 0.2) is 46.0 Å². The molecule has 0 bridgehead atoms. The molecular formula is C11H12N4O4. The van der Waals surface area contributed by atoms with Crippen molar-refractivity contribution in [1.82, 2.24) is 5.32 Å². The minimum atomic E-state index is -0.637. The number of nitrogens with zero attached hydrogens (tertiary/aromatic N) is 3. The van der Waals surface area contributed by atoms with Crippen molar-refractivity contribution in [2.24, 2.45) is 10.2 Å². The van der Waals surface area contributed by atoms with Crippen LogP contribution in [0.5, 0.6) is 0 Å². The van der Waals surface area contributed by atoms with E-state index in [0.717, 1.165) is 0 Å². The lowest BCUT2D eigenvalue weighted by Gasteiger charge is -2.00. The topological polar surface area (TPSA) is 117 Å². The second-order valence-corrected chi connectivity index (χ2v) is 3.46. The summed E-state index contributed by atoms with van der Waals surface area (Å²) in [6, 6.07) is 5.69. The number of carbonyl (C=O) groups is 1. The van der Waals surface area contributed by atoms with Gasteiger partial charge < -0.3 is 10.4 Å². The van der Waals surface area contributed by atoms with Crippen LogP contribution in [0.2, 0.25) is 0 Å². The molecule has 0 aliphatic rings. The fraction of sp³-hybridized carbons (Fsp3) is 0.182. The number of nitro benzene ring substituents is 1. The van der Waals surface area contributed by atoms with E-state index in [0.29, 0.717) is 0 Å². The lowest BCUT2D eigenvalue weighted by molar-refractivity contribution is -0.384. The van der Waals surface area contributed by atoms with Gasteiger partial charge >= 0.3 is 0 Å². The van der Waals surface area contributed by atoms with Gasteiger partial charge in [-0.3, -0.25) is 14.9 Å². The number of aliphatic hydroxyl groups excluding tert-OH is 1. The third kappa shape index (κ3) is 3.60. The number of amides is 1. The van der Waals surface area contributed by atoms with Crippen LogP contribution in [0.4, 0.5) is 11.4 Å². The third-order valence-electron chi connectivity index (χ3n) is 2.12. The molecule has 0 atom stereocenters. The van der Waals surface area contributed by atoms with Gasteiger partial charge in [-0.1, -0.05) is 12.1 Å². The summed E-state index contributed by atoms with van der Waals surface area (Å²) in [4.78, 5) is 21.5.